The number of terminal acetylenes is 1. The van der Waals surface area contributed by atoms with Crippen molar-refractivity contribution >= 4 is 10.0 Å². The SMILES string of the molecule is C#CCN(CCC)S(=O)(=O)c1cc(CNC)ccc1CC. The summed E-state index contributed by atoms with van der Waals surface area (Å²) in [5.74, 6) is 2.44. The van der Waals surface area contributed by atoms with Gasteiger partial charge in [0.2, 0.25) is 10.0 Å². The van der Waals surface area contributed by atoms with Crippen LogP contribution in [0.25, 0.3) is 0 Å². The van der Waals surface area contributed by atoms with Gasteiger partial charge in [-0.3, -0.25) is 0 Å². The average Bonchev–Trinajstić information content (AvgIpc) is 2.47. The molecule has 0 aliphatic carbocycles. The van der Waals surface area contributed by atoms with Gasteiger partial charge in [-0.2, -0.15) is 4.31 Å². The molecule has 5 heteroatoms. The summed E-state index contributed by atoms with van der Waals surface area (Å²) < 4.78 is 27.1. The first-order chi connectivity index (χ1) is 10.0. The van der Waals surface area contributed by atoms with Crippen molar-refractivity contribution in [1.82, 2.24) is 9.62 Å². The number of nitrogens with one attached hydrogen (secondary N) is 1. The fraction of sp³-hybridized carbons (Fsp3) is 0.500. The van der Waals surface area contributed by atoms with Gasteiger partial charge in [-0.25, -0.2) is 8.42 Å². The zero-order valence-corrected chi connectivity index (χ0v) is 13.8. The summed E-state index contributed by atoms with van der Waals surface area (Å²) in [4.78, 5) is 0.376. The molecule has 0 radical (unpaired) electrons. The molecule has 21 heavy (non-hydrogen) atoms. The largest absolute Gasteiger partial charge is 0.316 e. The zero-order valence-electron chi connectivity index (χ0n) is 13.0. The van der Waals surface area contributed by atoms with E-state index in [0.717, 1.165) is 17.5 Å². The lowest BCUT2D eigenvalue weighted by Gasteiger charge is -2.21. The lowest BCUT2D eigenvalue weighted by atomic mass is 10.1. The maximum absolute atomic E-state index is 12.9. The van der Waals surface area contributed by atoms with Crippen molar-refractivity contribution in [3.63, 3.8) is 0 Å². The summed E-state index contributed by atoms with van der Waals surface area (Å²) in [6, 6.07) is 5.60. The lowest BCUT2D eigenvalue weighted by molar-refractivity contribution is 0.445. The molecule has 0 saturated carbocycles. The highest BCUT2D eigenvalue weighted by atomic mass is 32.2. The highest BCUT2D eigenvalue weighted by Gasteiger charge is 2.25. The molecular formula is C16H24N2O2S. The Labute approximate surface area is 128 Å². The van der Waals surface area contributed by atoms with Gasteiger partial charge in [0, 0.05) is 13.1 Å². The van der Waals surface area contributed by atoms with Crippen LogP contribution in [0.2, 0.25) is 0 Å². The number of sulfonamides is 1. The van der Waals surface area contributed by atoms with Crippen LogP contribution >= 0.6 is 0 Å². The van der Waals surface area contributed by atoms with E-state index in [4.69, 9.17) is 6.42 Å². The van der Waals surface area contributed by atoms with E-state index < -0.39 is 10.0 Å². The average molecular weight is 308 g/mol. The minimum Gasteiger partial charge on any atom is -0.316 e. The van der Waals surface area contributed by atoms with Crippen LogP contribution in [-0.2, 0) is 23.0 Å². The highest BCUT2D eigenvalue weighted by molar-refractivity contribution is 7.89. The van der Waals surface area contributed by atoms with E-state index in [1.807, 2.05) is 33.0 Å². The molecule has 1 aromatic carbocycles. The van der Waals surface area contributed by atoms with Crippen molar-refractivity contribution in [2.24, 2.45) is 0 Å². The lowest BCUT2D eigenvalue weighted by Crippen LogP contribution is -2.33. The molecule has 0 bridgehead atoms. The van der Waals surface area contributed by atoms with E-state index >= 15 is 0 Å². The summed E-state index contributed by atoms with van der Waals surface area (Å²) in [5.41, 5.74) is 1.78. The van der Waals surface area contributed by atoms with Gasteiger partial charge in [0.1, 0.15) is 0 Å². The van der Waals surface area contributed by atoms with Crippen molar-refractivity contribution in [2.45, 2.75) is 38.1 Å². The molecule has 0 amide bonds. The maximum atomic E-state index is 12.9. The third kappa shape index (κ3) is 4.31. The Morgan fingerprint density at radius 2 is 2.05 bits per heavy atom. The number of aryl methyl sites for hydroxylation is 1. The molecule has 0 aliphatic heterocycles. The molecule has 0 fully saturated rings. The van der Waals surface area contributed by atoms with Crippen LogP contribution in [-0.4, -0.2) is 32.9 Å². The Kier molecular flexibility index (Phi) is 6.90. The predicted molar refractivity (Wildman–Crippen MR) is 86.5 cm³/mol. The summed E-state index contributed by atoms with van der Waals surface area (Å²) in [6.07, 6.45) is 6.72. The summed E-state index contributed by atoms with van der Waals surface area (Å²) in [7, 11) is -1.71. The van der Waals surface area contributed by atoms with E-state index in [1.54, 1.807) is 6.07 Å². The first-order valence-electron chi connectivity index (χ1n) is 7.21. The van der Waals surface area contributed by atoms with Crippen LogP contribution in [0, 0.1) is 12.3 Å². The molecule has 0 atom stereocenters. The summed E-state index contributed by atoms with van der Waals surface area (Å²) >= 11 is 0. The second kappa shape index (κ2) is 8.18. The monoisotopic (exact) mass is 308 g/mol. The number of rotatable bonds is 8. The van der Waals surface area contributed by atoms with E-state index in [-0.39, 0.29) is 6.54 Å². The van der Waals surface area contributed by atoms with Crippen molar-refractivity contribution in [2.75, 3.05) is 20.1 Å². The molecule has 0 aliphatic rings. The molecule has 0 unspecified atom stereocenters. The molecule has 0 saturated heterocycles. The van der Waals surface area contributed by atoms with Crippen molar-refractivity contribution < 1.29 is 8.42 Å². The van der Waals surface area contributed by atoms with Gasteiger partial charge >= 0.3 is 0 Å². The first kappa shape index (κ1) is 17.7. The Bertz CT molecular complexity index is 603. The smallest absolute Gasteiger partial charge is 0.244 e. The molecule has 0 heterocycles. The van der Waals surface area contributed by atoms with Gasteiger partial charge in [-0.05, 0) is 37.1 Å². The normalized spacial score (nSPS) is 11.6. The van der Waals surface area contributed by atoms with E-state index in [9.17, 15) is 8.42 Å². The van der Waals surface area contributed by atoms with E-state index in [0.29, 0.717) is 24.4 Å². The van der Waals surface area contributed by atoms with Crippen molar-refractivity contribution in [3.8, 4) is 12.3 Å². The minimum absolute atomic E-state index is 0.107. The molecule has 1 aromatic rings. The van der Waals surface area contributed by atoms with Crippen LogP contribution in [0.15, 0.2) is 23.1 Å². The molecule has 1 N–H and O–H groups in total. The maximum Gasteiger partial charge on any atom is 0.244 e. The van der Waals surface area contributed by atoms with Crippen LogP contribution < -0.4 is 5.32 Å². The number of hydrogen-bond acceptors (Lipinski definition) is 3. The first-order valence-corrected chi connectivity index (χ1v) is 8.65. The van der Waals surface area contributed by atoms with E-state index in [2.05, 4.69) is 11.2 Å². The van der Waals surface area contributed by atoms with Gasteiger partial charge in [-0.15, -0.1) is 6.42 Å². The van der Waals surface area contributed by atoms with Gasteiger partial charge in [0.15, 0.2) is 0 Å². The Morgan fingerprint density at radius 3 is 2.57 bits per heavy atom. The standard InChI is InChI=1S/C16H24N2O2S/c1-5-10-18(11-6-2)21(19,20)16-12-14(13-17-4)8-9-15(16)7-3/h1,8-9,12,17H,6-7,10-11,13H2,2-4H3. The van der Waals surface area contributed by atoms with Gasteiger partial charge < -0.3 is 5.32 Å². The third-order valence-electron chi connectivity index (χ3n) is 3.25. The third-order valence-corrected chi connectivity index (χ3v) is 5.18. The molecule has 1 rings (SSSR count). The Hall–Kier alpha value is -1.35. The minimum atomic E-state index is -3.55. The number of hydrogen-bond donors (Lipinski definition) is 1. The highest BCUT2D eigenvalue weighted by Crippen LogP contribution is 2.22. The molecule has 0 spiro atoms. The molecule has 4 nitrogen and oxygen atoms in total. The number of benzene rings is 1. The van der Waals surface area contributed by atoms with Crippen LogP contribution in [0.4, 0.5) is 0 Å². The Balaban J connectivity index is 3.33. The quantitative estimate of drug-likeness (QED) is 0.747. The fourth-order valence-electron chi connectivity index (χ4n) is 2.22. The topological polar surface area (TPSA) is 49.4 Å². The van der Waals surface area contributed by atoms with Gasteiger partial charge in [-0.1, -0.05) is 31.9 Å². The van der Waals surface area contributed by atoms with E-state index in [1.165, 1.54) is 4.31 Å². The second-order valence-electron chi connectivity index (χ2n) is 4.87. The van der Waals surface area contributed by atoms with Crippen molar-refractivity contribution in [1.29, 1.82) is 0 Å². The number of nitrogens with zero attached hydrogens (tertiary/aromatic N) is 1. The molecule has 0 aromatic heterocycles. The van der Waals surface area contributed by atoms with Gasteiger partial charge in [0.25, 0.3) is 0 Å². The fourth-order valence-corrected chi connectivity index (χ4v) is 4.01. The molecular weight excluding hydrogens is 284 g/mol. The summed E-state index contributed by atoms with van der Waals surface area (Å²) in [6.45, 7) is 5.07. The van der Waals surface area contributed by atoms with Crippen molar-refractivity contribution in [3.05, 3.63) is 29.3 Å². The van der Waals surface area contributed by atoms with Crippen LogP contribution in [0.5, 0.6) is 0 Å². The molecule has 116 valence electrons. The van der Waals surface area contributed by atoms with Crippen LogP contribution in [0.1, 0.15) is 31.4 Å². The Morgan fingerprint density at radius 1 is 1.33 bits per heavy atom. The van der Waals surface area contributed by atoms with Crippen LogP contribution in [0.3, 0.4) is 0 Å². The predicted octanol–water partition coefficient (Wildman–Crippen LogP) is 2.00. The zero-order chi connectivity index (χ0) is 15.9. The second-order valence-corrected chi connectivity index (χ2v) is 6.78. The summed E-state index contributed by atoms with van der Waals surface area (Å²) in [5, 5.41) is 3.04. The van der Waals surface area contributed by atoms with Gasteiger partial charge in [0.05, 0.1) is 11.4 Å².